The fraction of sp³-hybridized carbons (Fsp3) is 0.538. The Kier molecular flexibility index (Phi) is 3.39. The first-order valence-corrected chi connectivity index (χ1v) is 5.78. The highest BCUT2D eigenvalue weighted by Gasteiger charge is 2.26. The molecule has 15 heavy (non-hydrogen) atoms. The highest BCUT2D eigenvalue weighted by Crippen LogP contribution is 2.14. The molecular formula is C13H20N2. The molecule has 2 heteroatoms. The van der Waals surface area contributed by atoms with Crippen molar-refractivity contribution in [1.29, 1.82) is 0 Å². The van der Waals surface area contributed by atoms with E-state index in [1.54, 1.807) is 0 Å². The molecule has 0 spiro atoms. The molecule has 1 aromatic carbocycles. The molecule has 0 saturated carbocycles. The number of nitrogens with zero attached hydrogens (tertiary/aromatic N) is 1. The van der Waals surface area contributed by atoms with Gasteiger partial charge in [0.05, 0.1) is 0 Å². The minimum atomic E-state index is 0.623. The SMILES string of the molecule is CC(C)N(Cc1ccccc1)C1CNC1. The zero-order valence-corrected chi connectivity index (χ0v) is 9.61. The van der Waals surface area contributed by atoms with Gasteiger partial charge in [-0.05, 0) is 19.4 Å². The molecule has 1 heterocycles. The van der Waals surface area contributed by atoms with Crippen molar-refractivity contribution in [3.8, 4) is 0 Å². The average Bonchev–Trinajstić information content (AvgIpc) is 2.15. The standard InChI is InChI=1S/C13H20N2/c1-11(2)15(13-8-14-9-13)10-12-6-4-3-5-7-12/h3-7,11,13-14H,8-10H2,1-2H3. The van der Waals surface area contributed by atoms with Gasteiger partial charge in [-0.2, -0.15) is 0 Å². The second-order valence-electron chi connectivity index (χ2n) is 4.56. The molecule has 1 aliphatic heterocycles. The van der Waals surface area contributed by atoms with Crippen molar-refractivity contribution in [2.24, 2.45) is 0 Å². The van der Waals surface area contributed by atoms with Gasteiger partial charge in [0.15, 0.2) is 0 Å². The maximum absolute atomic E-state index is 3.34. The van der Waals surface area contributed by atoms with E-state index in [1.165, 1.54) is 5.56 Å². The van der Waals surface area contributed by atoms with Crippen molar-refractivity contribution in [3.05, 3.63) is 35.9 Å². The molecule has 2 rings (SSSR count). The minimum Gasteiger partial charge on any atom is -0.314 e. The maximum Gasteiger partial charge on any atom is 0.0351 e. The van der Waals surface area contributed by atoms with Crippen molar-refractivity contribution in [1.82, 2.24) is 10.2 Å². The van der Waals surface area contributed by atoms with Crippen LogP contribution in [0.25, 0.3) is 0 Å². The van der Waals surface area contributed by atoms with Gasteiger partial charge in [0.2, 0.25) is 0 Å². The second-order valence-corrected chi connectivity index (χ2v) is 4.56. The number of rotatable bonds is 4. The first-order chi connectivity index (χ1) is 7.27. The Bertz CT molecular complexity index is 291. The predicted molar refractivity (Wildman–Crippen MR) is 63.8 cm³/mol. The number of hydrogen-bond acceptors (Lipinski definition) is 2. The molecule has 0 atom stereocenters. The second kappa shape index (κ2) is 4.77. The van der Waals surface area contributed by atoms with Gasteiger partial charge < -0.3 is 5.32 Å². The molecule has 0 bridgehead atoms. The molecule has 0 amide bonds. The normalized spacial score (nSPS) is 17.1. The summed E-state index contributed by atoms with van der Waals surface area (Å²) >= 11 is 0. The van der Waals surface area contributed by atoms with E-state index in [4.69, 9.17) is 0 Å². The summed E-state index contributed by atoms with van der Waals surface area (Å²) in [6.07, 6.45) is 0. The third-order valence-electron chi connectivity index (χ3n) is 3.10. The van der Waals surface area contributed by atoms with Crippen LogP contribution >= 0.6 is 0 Å². The quantitative estimate of drug-likeness (QED) is 0.805. The number of hydrogen-bond donors (Lipinski definition) is 1. The van der Waals surface area contributed by atoms with E-state index in [0.717, 1.165) is 25.7 Å². The topological polar surface area (TPSA) is 15.3 Å². The molecule has 0 aliphatic carbocycles. The van der Waals surface area contributed by atoms with E-state index in [0.29, 0.717) is 6.04 Å². The van der Waals surface area contributed by atoms with Crippen LogP contribution in [0.4, 0.5) is 0 Å². The first-order valence-electron chi connectivity index (χ1n) is 5.78. The Morgan fingerprint density at radius 3 is 2.40 bits per heavy atom. The van der Waals surface area contributed by atoms with Crippen LogP contribution in [-0.2, 0) is 6.54 Å². The fourth-order valence-corrected chi connectivity index (χ4v) is 2.04. The monoisotopic (exact) mass is 204 g/mol. The van der Waals surface area contributed by atoms with Gasteiger partial charge in [-0.1, -0.05) is 30.3 Å². The van der Waals surface area contributed by atoms with Crippen molar-refractivity contribution < 1.29 is 0 Å². The van der Waals surface area contributed by atoms with Crippen LogP contribution in [0.5, 0.6) is 0 Å². The van der Waals surface area contributed by atoms with Crippen LogP contribution in [0.2, 0.25) is 0 Å². The molecule has 1 N–H and O–H groups in total. The van der Waals surface area contributed by atoms with Crippen LogP contribution in [0.1, 0.15) is 19.4 Å². The molecule has 1 aromatic rings. The van der Waals surface area contributed by atoms with E-state index in [9.17, 15) is 0 Å². The zero-order valence-electron chi connectivity index (χ0n) is 9.61. The van der Waals surface area contributed by atoms with Crippen molar-refractivity contribution in [3.63, 3.8) is 0 Å². The van der Waals surface area contributed by atoms with E-state index in [-0.39, 0.29) is 0 Å². The molecule has 0 unspecified atom stereocenters. The molecule has 0 radical (unpaired) electrons. The number of nitrogens with one attached hydrogen (secondary N) is 1. The highest BCUT2D eigenvalue weighted by molar-refractivity contribution is 5.15. The third-order valence-corrected chi connectivity index (χ3v) is 3.10. The van der Waals surface area contributed by atoms with E-state index in [2.05, 4.69) is 54.4 Å². The lowest BCUT2D eigenvalue weighted by atomic mass is 10.1. The van der Waals surface area contributed by atoms with Gasteiger partial charge in [0.1, 0.15) is 0 Å². The molecule has 1 fully saturated rings. The summed E-state index contributed by atoms with van der Waals surface area (Å²) in [6.45, 7) is 7.92. The van der Waals surface area contributed by atoms with Crippen LogP contribution in [0, 0.1) is 0 Å². The average molecular weight is 204 g/mol. The van der Waals surface area contributed by atoms with Crippen LogP contribution in [-0.4, -0.2) is 30.1 Å². The largest absolute Gasteiger partial charge is 0.314 e. The molecule has 1 saturated heterocycles. The molecular weight excluding hydrogens is 184 g/mol. The smallest absolute Gasteiger partial charge is 0.0351 e. The Morgan fingerprint density at radius 1 is 1.27 bits per heavy atom. The molecule has 2 nitrogen and oxygen atoms in total. The van der Waals surface area contributed by atoms with Crippen molar-refractivity contribution in [2.45, 2.75) is 32.5 Å². The molecule has 82 valence electrons. The summed E-state index contributed by atoms with van der Waals surface area (Å²) in [5.74, 6) is 0. The van der Waals surface area contributed by atoms with Crippen LogP contribution < -0.4 is 5.32 Å². The van der Waals surface area contributed by atoms with Gasteiger partial charge in [0.25, 0.3) is 0 Å². The summed E-state index contributed by atoms with van der Waals surface area (Å²) in [4.78, 5) is 2.58. The highest BCUT2D eigenvalue weighted by atomic mass is 15.2. The molecule has 1 aliphatic rings. The number of benzene rings is 1. The van der Waals surface area contributed by atoms with Gasteiger partial charge in [-0.15, -0.1) is 0 Å². The van der Waals surface area contributed by atoms with Gasteiger partial charge in [0, 0.05) is 31.7 Å². The zero-order chi connectivity index (χ0) is 10.7. The maximum atomic E-state index is 3.34. The Balaban J connectivity index is 2.00. The van der Waals surface area contributed by atoms with Crippen molar-refractivity contribution in [2.75, 3.05) is 13.1 Å². The summed E-state index contributed by atoms with van der Waals surface area (Å²) in [5.41, 5.74) is 1.41. The van der Waals surface area contributed by atoms with Gasteiger partial charge >= 0.3 is 0 Å². The summed E-state index contributed by atoms with van der Waals surface area (Å²) in [6, 6.07) is 12.1. The molecule has 0 aromatic heterocycles. The third kappa shape index (κ3) is 2.58. The minimum absolute atomic E-state index is 0.623. The Hall–Kier alpha value is -0.860. The predicted octanol–water partition coefficient (Wildman–Crippen LogP) is 1.87. The lowest BCUT2D eigenvalue weighted by Crippen LogP contribution is -2.58. The Morgan fingerprint density at radius 2 is 1.93 bits per heavy atom. The summed E-state index contributed by atoms with van der Waals surface area (Å²) in [7, 11) is 0. The van der Waals surface area contributed by atoms with Crippen molar-refractivity contribution >= 4 is 0 Å². The summed E-state index contributed by atoms with van der Waals surface area (Å²) in [5, 5.41) is 3.34. The van der Waals surface area contributed by atoms with E-state index >= 15 is 0 Å². The van der Waals surface area contributed by atoms with Gasteiger partial charge in [-0.3, -0.25) is 4.90 Å². The summed E-state index contributed by atoms with van der Waals surface area (Å²) < 4.78 is 0. The van der Waals surface area contributed by atoms with Crippen LogP contribution in [0.15, 0.2) is 30.3 Å². The van der Waals surface area contributed by atoms with Crippen LogP contribution in [0.3, 0.4) is 0 Å². The first kappa shape index (κ1) is 10.7. The lowest BCUT2D eigenvalue weighted by Gasteiger charge is -2.40. The van der Waals surface area contributed by atoms with E-state index < -0.39 is 0 Å². The fourth-order valence-electron chi connectivity index (χ4n) is 2.04. The van der Waals surface area contributed by atoms with E-state index in [1.807, 2.05) is 0 Å². The Labute approximate surface area is 92.3 Å². The lowest BCUT2D eigenvalue weighted by molar-refractivity contribution is 0.103. The van der Waals surface area contributed by atoms with Gasteiger partial charge in [-0.25, -0.2) is 0 Å².